The van der Waals surface area contributed by atoms with Crippen LogP contribution >= 0.6 is 11.3 Å². The van der Waals surface area contributed by atoms with Gasteiger partial charge in [-0.1, -0.05) is 18.2 Å². The molecule has 0 unspecified atom stereocenters. The molecule has 0 spiro atoms. The third kappa shape index (κ3) is 4.43. The van der Waals surface area contributed by atoms with E-state index in [0.717, 1.165) is 27.4 Å². The number of carbonyl (C=O) groups excluding carboxylic acids is 2. The fourth-order valence-corrected chi connectivity index (χ4v) is 2.78. The van der Waals surface area contributed by atoms with E-state index >= 15 is 0 Å². The van der Waals surface area contributed by atoms with Crippen molar-refractivity contribution in [2.75, 3.05) is 11.9 Å². The normalized spacial score (nSPS) is 10.2. The molecule has 0 radical (unpaired) electrons. The summed E-state index contributed by atoms with van der Waals surface area (Å²) in [7, 11) is 0. The number of Topliss-reactive ketones (excluding diaryl/α,β-unsaturated/α-hetero) is 1. The lowest BCUT2D eigenvalue weighted by Crippen LogP contribution is -2.30. The number of ketones is 1. The van der Waals surface area contributed by atoms with Gasteiger partial charge in [0.05, 0.1) is 4.88 Å². The Balaban J connectivity index is 1.79. The first-order valence-corrected chi connectivity index (χ1v) is 7.58. The predicted molar refractivity (Wildman–Crippen MR) is 86.2 cm³/mol. The van der Waals surface area contributed by atoms with Crippen LogP contribution in [0.1, 0.15) is 27.0 Å². The van der Waals surface area contributed by atoms with Gasteiger partial charge in [-0.3, -0.25) is 4.79 Å². The molecule has 1 aromatic carbocycles. The fraction of sp³-hybridized carbons (Fsp3) is 0.250. The summed E-state index contributed by atoms with van der Waals surface area (Å²) in [5, 5.41) is 5.64. The Hall–Kier alpha value is -2.14. The van der Waals surface area contributed by atoms with E-state index in [1.807, 2.05) is 43.3 Å². The van der Waals surface area contributed by atoms with Crippen LogP contribution in [0.2, 0.25) is 0 Å². The quantitative estimate of drug-likeness (QED) is 0.829. The van der Waals surface area contributed by atoms with Gasteiger partial charge >= 0.3 is 6.03 Å². The summed E-state index contributed by atoms with van der Waals surface area (Å²) >= 11 is 1.48. The zero-order chi connectivity index (χ0) is 15.2. The summed E-state index contributed by atoms with van der Waals surface area (Å²) in [5.41, 5.74) is 1.84. The van der Waals surface area contributed by atoms with E-state index in [2.05, 4.69) is 10.6 Å². The first-order valence-electron chi connectivity index (χ1n) is 6.76. The van der Waals surface area contributed by atoms with Crippen molar-refractivity contribution in [2.45, 2.75) is 20.3 Å². The lowest BCUT2D eigenvalue weighted by atomic mass is 10.2. The van der Waals surface area contributed by atoms with Crippen molar-refractivity contribution < 1.29 is 9.59 Å². The van der Waals surface area contributed by atoms with E-state index < -0.39 is 0 Å². The fourth-order valence-electron chi connectivity index (χ4n) is 1.88. The van der Waals surface area contributed by atoms with E-state index in [9.17, 15) is 9.59 Å². The smallest absolute Gasteiger partial charge is 0.319 e. The van der Waals surface area contributed by atoms with Crippen molar-refractivity contribution in [2.24, 2.45) is 0 Å². The van der Waals surface area contributed by atoms with Crippen molar-refractivity contribution >= 4 is 28.8 Å². The summed E-state index contributed by atoms with van der Waals surface area (Å²) in [5.74, 6) is 0.0801. The molecule has 2 N–H and O–H groups in total. The van der Waals surface area contributed by atoms with E-state index in [0.29, 0.717) is 6.54 Å². The summed E-state index contributed by atoms with van der Waals surface area (Å²) in [6, 6.07) is 11.2. The molecule has 2 amide bonds. The SMILES string of the molecule is CC(=O)c1ccc(CCNC(=O)Nc2ccccc2C)s1. The topological polar surface area (TPSA) is 58.2 Å². The summed E-state index contributed by atoms with van der Waals surface area (Å²) < 4.78 is 0. The zero-order valence-corrected chi connectivity index (χ0v) is 12.9. The summed E-state index contributed by atoms with van der Waals surface area (Å²) in [6.45, 7) is 4.05. The van der Waals surface area contributed by atoms with Gasteiger partial charge in [-0.05, 0) is 44.0 Å². The molecule has 0 atom stereocenters. The largest absolute Gasteiger partial charge is 0.338 e. The van der Waals surface area contributed by atoms with Crippen LogP contribution in [-0.2, 0) is 6.42 Å². The molecule has 0 saturated heterocycles. The number of rotatable bonds is 5. The van der Waals surface area contributed by atoms with E-state index in [-0.39, 0.29) is 11.8 Å². The zero-order valence-electron chi connectivity index (χ0n) is 12.1. The number of urea groups is 1. The average molecular weight is 302 g/mol. The van der Waals surface area contributed by atoms with Crippen LogP contribution in [0.3, 0.4) is 0 Å². The molecule has 110 valence electrons. The molecule has 1 heterocycles. The first kappa shape index (κ1) is 15.3. The molecule has 0 fully saturated rings. The molecule has 1 aromatic heterocycles. The first-order chi connectivity index (χ1) is 10.1. The van der Waals surface area contributed by atoms with Gasteiger partial charge in [0.25, 0.3) is 0 Å². The highest BCUT2D eigenvalue weighted by atomic mass is 32.1. The van der Waals surface area contributed by atoms with E-state index in [4.69, 9.17) is 0 Å². The van der Waals surface area contributed by atoms with Gasteiger partial charge in [0.1, 0.15) is 0 Å². The Kier molecular flexibility index (Phi) is 5.11. The second kappa shape index (κ2) is 7.04. The summed E-state index contributed by atoms with van der Waals surface area (Å²) in [6.07, 6.45) is 0.721. The molecule has 0 bridgehead atoms. The molecular formula is C16H18N2O2S. The predicted octanol–water partition coefficient (Wildman–Crippen LogP) is 3.62. The molecule has 0 aliphatic heterocycles. The van der Waals surface area contributed by atoms with Crippen molar-refractivity contribution in [1.82, 2.24) is 5.32 Å². The minimum Gasteiger partial charge on any atom is -0.338 e. The molecule has 0 aliphatic carbocycles. The molecule has 2 aromatic rings. The molecule has 4 nitrogen and oxygen atoms in total. The lowest BCUT2D eigenvalue weighted by Gasteiger charge is -2.09. The second-order valence-corrected chi connectivity index (χ2v) is 5.94. The number of anilines is 1. The Bertz CT molecular complexity index is 649. The van der Waals surface area contributed by atoms with Crippen LogP contribution in [0.15, 0.2) is 36.4 Å². The third-order valence-electron chi connectivity index (χ3n) is 3.06. The summed E-state index contributed by atoms with van der Waals surface area (Å²) in [4.78, 5) is 24.9. The van der Waals surface area contributed by atoms with Gasteiger partial charge in [0.15, 0.2) is 5.78 Å². The Labute approximate surface area is 128 Å². The standard InChI is InChI=1S/C16H18N2O2S/c1-11-5-3-4-6-14(11)18-16(20)17-10-9-13-7-8-15(21-13)12(2)19/h3-8H,9-10H2,1-2H3,(H2,17,18,20). The van der Waals surface area contributed by atoms with Crippen LogP contribution in [-0.4, -0.2) is 18.4 Å². The Morgan fingerprint density at radius 2 is 1.90 bits per heavy atom. The number of para-hydroxylation sites is 1. The molecule has 5 heteroatoms. The van der Waals surface area contributed by atoms with Crippen LogP contribution in [0.4, 0.5) is 10.5 Å². The number of hydrogen-bond donors (Lipinski definition) is 2. The number of hydrogen-bond acceptors (Lipinski definition) is 3. The van der Waals surface area contributed by atoms with E-state index in [1.54, 1.807) is 6.92 Å². The number of amides is 2. The maximum Gasteiger partial charge on any atom is 0.319 e. The van der Waals surface area contributed by atoms with Gasteiger partial charge in [0, 0.05) is 17.1 Å². The average Bonchev–Trinajstić information content (AvgIpc) is 2.90. The molecule has 2 rings (SSSR count). The van der Waals surface area contributed by atoms with Gasteiger partial charge in [-0.25, -0.2) is 4.79 Å². The van der Waals surface area contributed by atoms with Crippen LogP contribution in [0, 0.1) is 6.92 Å². The van der Waals surface area contributed by atoms with Crippen LogP contribution in [0.5, 0.6) is 0 Å². The molecular weight excluding hydrogens is 284 g/mol. The van der Waals surface area contributed by atoms with Crippen molar-refractivity contribution in [3.63, 3.8) is 0 Å². The van der Waals surface area contributed by atoms with Crippen molar-refractivity contribution in [1.29, 1.82) is 0 Å². The van der Waals surface area contributed by atoms with Gasteiger partial charge in [-0.15, -0.1) is 11.3 Å². The number of carbonyl (C=O) groups is 2. The van der Waals surface area contributed by atoms with E-state index in [1.165, 1.54) is 11.3 Å². The van der Waals surface area contributed by atoms with Gasteiger partial charge in [0.2, 0.25) is 0 Å². The van der Waals surface area contributed by atoms with Crippen molar-refractivity contribution in [3.8, 4) is 0 Å². The van der Waals surface area contributed by atoms with Gasteiger partial charge < -0.3 is 10.6 Å². The highest BCUT2D eigenvalue weighted by molar-refractivity contribution is 7.14. The maximum absolute atomic E-state index is 11.8. The number of thiophene rings is 1. The maximum atomic E-state index is 11.8. The Morgan fingerprint density at radius 1 is 1.14 bits per heavy atom. The minimum atomic E-state index is -0.215. The lowest BCUT2D eigenvalue weighted by molar-refractivity contribution is 0.102. The second-order valence-electron chi connectivity index (χ2n) is 4.77. The number of aryl methyl sites for hydroxylation is 1. The van der Waals surface area contributed by atoms with Gasteiger partial charge in [-0.2, -0.15) is 0 Å². The van der Waals surface area contributed by atoms with Crippen LogP contribution in [0.25, 0.3) is 0 Å². The highest BCUT2D eigenvalue weighted by Gasteiger charge is 2.06. The number of nitrogens with one attached hydrogen (secondary N) is 2. The molecule has 0 aliphatic rings. The monoisotopic (exact) mass is 302 g/mol. The highest BCUT2D eigenvalue weighted by Crippen LogP contribution is 2.17. The third-order valence-corrected chi connectivity index (χ3v) is 4.30. The van der Waals surface area contributed by atoms with Crippen LogP contribution < -0.4 is 10.6 Å². The number of benzene rings is 1. The molecule has 0 saturated carbocycles. The molecule has 21 heavy (non-hydrogen) atoms. The minimum absolute atomic E-state index is 0.0801. The van der Waals surface area contributed by atoms with Crippen molar-refractivity contribution in [3.05, 3.63) is 51.7 Å². The Morgan fingerprint density at radius 3 is 2.57 bits per heavy atom.